The van der Waals surface area contributed by atoms with Gasteiger partial charge in [0.05, 0.1) is 25.3 Å². The predicted octanol–water partition coefficient (Wildman–Crippen LogP) is 3.97. The fourth-order valence-corrected chi connectivity index (χ4v) is 4.79. The van der Waals surface area contributed by atoms with Gasteiger partial charge in [-0.15, -0.1) is 0 Å². The van der Waals surface area contributed by atoms with Crippen LogP contribution in [0.4, 0.5) is 0 Å². The summed E-state index contributed by atoms with van der Waals surface area (Å²) in [5, 5.41) is 11.5. The lowest BCUT2D eigenvalue weighted by Gasteiger charge is -2.28. The first kappa shape index (κ1) is 28.0. The zero-order valence-corrected chi connectivity index (χ0v) is 22.5. The number of hydrogen-bond donors (Lipinski definition) is 2. The average molecular weight is 512 g/mol. The van der Waals surface area contributed by atoms with Crippen LogP contribution in [0, 0.1) is 13.8 Å². The van der Waals surface area contributed by atoms with Gasteiger partial charge in [-0.25, -0.2) is 4.79 Å². The third kappa shape index (κ3) is 5.56. The molecule has 1 saturated heterocycles. The molecule has 9 heteroatoms. The van der Waals surface area contributed by atoms with Crippen molar-refractivity contribution >= 4 is 23.4 Å². The smallest absolute Gasteiger partial charge is 0.354 e. The number of carbonyl (C=O) groups excluding carboxylic acids is 3. The standard InChI is InChI=1S/C28H37N3O6/c1-7-15-37-20-12-10-11-19(16-20)24-22(26(33)27(34)31(24)14-13-30(8-2)9-3)25(32)21-17(4)23(28(35)36-6)29-18(21)5/h10-12,16,24,29,32H,7-9,13-15H2,1-6H3/b25-22+. The Hall–Kier alpha value is -3.59. The van der Waals surface area contributed by atoms with Crippen LogP contribution in [0.3, 0.4) is 0 Å². The van der Waals surface area contributed by atoms with Crippen molar-refractivity contribution in [1.82, 2.24) is 14.8 Å². The number of H-pyrrole nitrogens is 1. The average Bonchev–Trinajstić information content (AvgIpc) is 3.34. The Morgan fingerprint density at radius 3 is 2.49 bits per heavy atom. The minimum Gasteiger partial charge on any atom is -0.507 e. The molecule has 0 aliphatic carbocycles. The quantitative estimate of drug-likeness (QED) is 0.203. The summed E-state index contributed by atoms with van der Waals surface area (Å²) in [6.45, 7) is 12.5. The molecular formula is C28H37N3O6. The number of carbonyl (C=O) groups is 3. The first-order chi connectivity index (χ1) is 17.7. The lowest BCUT2D eigenvalue weighted by Crippen LogP contribution is -2.38. The Morgan fingerprint density at radius 1 is 1.16 bits per heavy atom. The van der Waals surface area contributed by atoms with E-state index in [4.69, 9.17) is 9.47 Å². The van der Waals surface area contributed by atoms with E-state index >= 15 is 0 Å². The maximum Gasteiger partial charge on any atom is 0.354 e. The van der Waals surface area contributed by atoms with E-state index in [9.17, 15) is 19.5 Å². The molecule has 0 saturated carbocycles. The van der Waals surface area contributed by atoms with E-state index in [0.717, 1.165) is 19.5 Å². The van der Waals surface area contributed by atoms with Crippen LogP contribution < -0.4 is 4.74 Å². The predicted molar refractivity (Wildman–Crippen MR) is 141 cm³/mol. The van der Waals surface area contributed by atoms with Crippen LogP contribution in [0.25, 0.3) is 5.76 Å². The highest BCUT2D eigenvalue weighted by molar-refractivity contribution is 6.46. The molecule has 2 aromatic rings. The van der Waals surface area contributed by atoms with Gasteiger partial charge in [0.2, 0.25) is 0 Å². The van der Waals surface area contributed by atoms with Gasteiger partial charge in [-0.2, -0.15) is 0 Å². The van der Waals surface area contributed by atoms with Crippen LogP contribution in [0.2, 0.25) is 0 Å². The van der Waals surface area contributed by atoms with Crippen molar-refractivity contribution in [2.45, 2.75) is 47.1 Å². The number of aromatic nitrogens is 1. The second kappa shape index (κ2) is 12.1. The zero-order chi connectivity index (χ0) is 27.3. The molecule has 2 N–H and O–H groups in total. The third-order valence-corrected chi connectivity index (χ3v) is 6.80. The van der Waals surface area contributed by atoms with Gasteiger partial charge in [0.25, 0.3) is 11.7 Å². The Morgan fingerprint density at radius 2 is 1.86 bits per heavy atom. The highest BCUT2D eigenvalue weighted by atomic mass is 16.5. The summed E-state index contributed by atoms with van der Waals surface area (Å²) >= 11 is 0. The Labute approximate surface area is 218 Å². The molecule has 1 unspecified atom stereocenters. The van der Waals surface area contributed by atoms with Gasteiger partial charge < -0.3 is 29.4 Å². The van der Waals surface area contributed by atoms with Gasteiger partial charge in [0.1, 0.15) is 17.2 Å². The molecule has 2 heterocycles. The molecule has 0 bridgehead atoms. The van der Waals surface area contributed by atoms with Crippen molar-refractivity contribution in [3.05, 3.63) is 57.9 Å². The van der Waals surface area contributed by atoms with Gasteiger partial charge in [0, 0.05) is 24.3 Å². The molecule has 1 aliphatic rings. The van der Waals surface area contributed by atoms with Crippen molar-refractivity contribution < 1.29 is 29.0 Å². The number of rotatable bonds is 11. The summed E-state index contributed by atoms with van der Waals surface area (Å²) in [7, 11) is 1.27. The first-order valence-electron chi connectivity index (χ1n) is 12.7. The number of Topliss-reactive ketones (excluding diaryl/α,β-unsaturated/α-hetero) is 1. The third-order valence-electron chi connectivity index (χ3n) is 6.80. The number of aryl methyl sites for hydroxylation is 1. The van der Waals surface area contributed by atoms with Crippen molar-refractivity contribution in [2.24, 2.45) is 0 Å². The maximum atomic E-state index is 13.4. The first-order valence-corrected chi connectivity index (χ1v) is 12.7. The summed E-state index contributed by atoms with van der Waals surface area (Å²) in [6.07, 6.45) is 0.834. The highest BCUT2D eigenvalue weighted by Crippen LogP contribution is 2.41. The van der Waals surface area contributed by atoms with Gasteiger partial charge >= 0.3 is 5.97 Å². The van der Waals surface area contributed by atoms with Gasteiger partial charge in [0.15, 0.2) is 0 Å². The molecule has 1 atom stereocenters. The van der Waals surface area contributed by atoms with Gasteiger partial charge in [-0.1, -0.05) is 32.9 Å². The number of aliphatic hydroxyl groups excluding tert-OH is 1. The fourth-order valence-electron chi connectivity index (χ4n) is 4.79. The zero-order valence-electron chi connectivity index (χ0n) is 22.5. The number of amides is 1. The molecule has 200 valence electrons. The van der Waals surface area contributed by atoms with Gasteiger partial charge in [-0.05, 0) is 56.6 Å². The monoisotopic (exact) mass is 511 g/mol. The van der Waals surface area contributed by atoms with E-state index in [-0.39, 0.29) is 17.0 Å². The number of nitrogens with one attached hydrogen (secondary N) is 1. The lowest BCUT2D eigenvalue weighted by molar-refractivity contribution is -0.140. The Balaban J connectivity index is 2.18. The van der Waals surface area contributed by atoms with E-state index < -0.39 is 23.7 Å². The Bertz CT molecular complexity index is 1190. The maximum absolute atomic E-state index is 13.4. The number of esters is 1. The number of aliphatic hydroxyl groups is 1. The second-order valence-electron chi connectivity index (χ2n) is 9.06. The number of methoxy groups -OCH3 is 1. The minimum atomic E-state index is -0.809. The van der Waals surface area contributed by atoms with Crippen molar-refractivity contribution in [3.8, 4) is 5.75 Å². The summed E-state index contributed by atoms with van der Waals surface area (Å²) in [5.41, 5.74) is 2.07. The molecule has 9 nitrogen and oxygen atoms in total. The molecule has 37 heavy (non-hydrogen) atoms. The van der Waals surface area contributed by atoms with Crippen molar-refractivity contribution in [2.75, 3.05) is 39.9 Å². The van der Waals surface area contributed by atoms with E-state index in [1.807, 2.05) is 39.0 Å². The molecule has 1 aromatic carbocycles. The molecule has 0 spiro atoms. The van der Waals surface area contributed by atoms with Gasteiger partial charge in [-0.3, -0.25) is 9.59 Å². The number of nitrogens with zero attached hydrogens (tertiary/aromatic N) is 2. The number of benzene rings is 1. The van der Waals surface area contributed by atoms with Crippen molar-refractivity contribution in [3.63, 3.8) is 0 Å². The second-order valence-corrected chi connectivity index (χ2v) is 9.06. The van der Waals surface area contributed by atoms with E-state index in [0.29, 0.717) is 47.8 Å². The van der Waals surface area contributed by atoms with Crippen LogP contribution >= 0.6 is 0 Å². The number of aromatic amines is 1. The summed E-state index contributed by atoms with van der Waals surface area (Å²) in [6, 6.07) is 6.46. The normalized spacial score (nSPS) is 17.1. The molecular weight excluding hydrogens is 474 g/mol. The minimum absolute atomic E-state index is 0.0150. The number of likely N-dealkylation sites (tertiary alicyclic amines) is 1. The molecule has 1 aliphatic heterocycles. The molecule has 1 amide bonds. The molecule has 1 aromatic heterocycles. The van der Waals surface area contributed by atoms with Crippen LogP contribution in [0.1, 0.15) is 66.1 Å². The fraction of sp³-hybridized carbons (Fsp3) is 0.464. The molecule has 3 rings (SSSR count). The molecule has 1 fully saturated rings. The van der Waals surface area contributed by atoms with Crippen LogP contribution in [0.5, 0.6) is 5.75 Å². The Kier molecular flexibility index (Phi) is 9.15. The molecule has 0 radical (unpaired) electrons. The summed E-state index contributed by atoms with van der Waals surface area (Å²) in [4.78, 5) is 45.6. The SMILES string of the molecule is CCCOc1cccc(C2/C(=C(\O)c3c(C)[nH]c(C(=O)OC)c3C)C(=O)C(=O)N2CCN(CC)CC)c1. The highest BCUT2D eigenvalue weighted by Gasteiger charge is 2.46. The summed E-state index contributed by atoms with van der Waals surface area (Å²) < 4.78 is 10.6. The van der Waals surface area contributed by atoms with Crippen LogP contribution in [0.15, 0.2) is 29.8 Å². The topological polar surface area (TPSA) is 112 Å². The van der Waals surface area contributed by atoms with E-state index in [2.05, 4.69) is 9.88 Å². The number of likely N-dealkylation sites (N-methyl/N-ethyl adjacent to an activating group) is 1. The van der Waals surface area contributed by atoms with E-state index in [1.165, 1.54) is 12.0 Å². The van der Waals surface area contributed by atoms with E-state index in [1.54, 1.807) is 19.9 Å². The lowest BCUT2D eigenvalue weighted by atomic mass is 9.94. The van der Waals surface area contributed by atoms with Crippen LogP contribution in [-0.4, -0.2) is 77.4 Å². The largest absolute Gasteiger partial charge is 0.507 e. The number of ketones is 1. The summed E-state index contributed by atoms with van der Waals surface area (Å²) in [5.74, 6) is -1.72. The van der Waals surface area contributed by atoms with Crippen molar-refractivity contribution in [1.29, 1.82) is 0 Å². The van der Waals surface area contributed by atoms with Crippen LogP contribution in [-0.2, 0) is 14.3 Å². The number of ether oxygens (including phenoxy) is 2. The number of hydrogen-bond acceptors (Lipinski definition) is 7.